The van der Waals surface area contributed by atoms with Gasteiger partial charge >= 0.3 is 0 Å². The summed E-state index contributed by atoms with van der Waals surface area (Å²) in [5.41, 5.74) is 2.37. The van der Waals surface area contributed by atoms with Crippen molar-refractivity contribution in [1.82, 2.24) is 9.78 Å². The molecule has 0 aliphatic carbocycles. The third-order valence-corrected chi connectivity index (χ3v) is 5.95. The number of aromatic nitrogens is 2. The zero-order chi connectivity index (χ0) is 22.9. The summed E-state index contributed by atoms with van der Waals surface area (Å²) >= 11 is 0. The topological polar surface area (TPSA) is 76.5 Å². The highest BCUT2D eigenvalue weighted by Crippen LogP contribution is 2.38. The Kier molecular flexibility index (Phi) is 5.74. The summed E-state index contributed by atoms with van der Waals surface area (Å²) < 4.78 is 7.85. The van der Waals surface area contributed by atoms with Gasteiger partial charge in [-0.1, -0.05) is 42.5 Å². The Morgan fingerprint density at radius 1 is 1.09 bits per heavy atom. The Hall–Kier alpha value is -3.61. The fourth-order valence-electron chi connectivity index (χ4n) is 4.06. The number of ether oxygens (including phenoxy) is 1. The number of nitrogens with one attached hydrogen (secondary N) is 1. The van der Waals surface area contributed by atoms with E-state index in [4.69, 9.17) is 4.74 Å². The fourth-order valence-corrected chi connectivity index (χ4v) is 4.06. The molecule has 4 rings (SSSR count). The largest absolute Gasteiger partial charge is 0.465 e. The second-order valence-electron chi connectivity index (χ2n) is 8.11. The molecule has 2 aromatic carbocycles. The molecule has 0 radical (unpaired) electrons. The van der Waals surface area contributed by atoms with Crippen LogP contribution in [-0.4, -0.2) is 33.7 Å². The highest BCUT2D eigenvalue weighted by Gasteiger charge is 2.50. The second kappa shape index (κ2) is 8.49. The normalized spacial score (nSPS) is 17.6. The van der Waals surface area contributed by atoms with E-state index < -0.39 is 11.5 Å². The van der Waals surface area contributed by atoms with Gasteiger partial charge in [-0.3, -0.25) is 14.3 Å². The van der Waals surface area contributed by atoms with Crippen molar-refractivity contribution < 1.29 is 14.3 Å². The first-order valence-corrected chi connectivity index (χ1v) is 10.8. The maximum atomic E-state index is 13.3. The molecule has 0 saturated carbocycles. The standard InChI is InChI=1S/C25H28N4O3/c1-5-28-20-13-9-10-14-21(20)32-25(4,24(28)31)23(30)26-22-17(2)27-29(18(22)3)16-15-19-11-7-6-8-12-19/h6-14H,5,15-16H2,1-4H3,(H,26,30). The lowest BCUT2D eigenvalue weighted by Gasteiger charge is -2.39. The van der Waals surface area contributed by atoms with Crippen LogP contribution in [0.3, 0.4) is 0 Å². The van der Waals surface area contributed by atoms with Crippen molar-refractivity contribution in [3.05, 3.63) is 71.5 Å². The molecule has 1 unspecified atom stereocenters. The van der Waals surface area contributed by atoms with Crippen molar-refractivity contribution in [1.29, 1.82) is 0 Å². The van der Waals surface area contributed by atoms with Crippen LogP contribution in [0, 0.1) is 13.8 Å². The molecular weight excluding hydrogens is 404 g/mol. The Bertz CT molecular complexity index is 1160. The van der Waals surface area contributed by atoms with Crippen LogP contribution in [0.2, 0.25) is 0 Å². The SMILES string of the molecule is CCN1C(=O)C(C)(C(=O)Nc2c(C)nn(CCc3ccccc3)c2C)Oc2ccccc21. The van der Waals surface area contributed by atoms with Gasteiger partial charge in [0, 0.05) is 13.1 Å². The van der Waals surface area contributed by atoms with Gasteiger partial charge in [-0.05, 0) is 51.8 Å². The number of nitrogens with zero attached hydrogens (tertiary/aromatic N) is 3. The number of carbonyl (C=O) groups is 2. The van der Waals surface area contributed by atoms with Crippen LogP contribution in [0.15, 0.2) is 54.6 Å². The molecule has 0 spiro atoms. The number of likely N-dealkylation sites (N-methyl/N-ethyl adjacent to an activating group) is 1. The predicted octanol–water partition coefficient (Wildman–Crippen LogP) is 3.89. The van der Waals surface area contributed by atoms with Gasteiger partial charge in [0.2, 0.25) is 0 Å². The molecule has 2 heterocycles. The third-order valence-electron chi connectivity index (χ3n) is 5.95. The van der Waals surface area contributed by atoms with Crippen LogP contribution >= 0.6 is 0 Å². The average Bonchev–Trinajstić information content (AvgIpc) is 3.06. The summed E-state index contributed by atoms with van der Waals surface area (Å²) in [5, 5.41) is 7.52. The molecule has 0 bridgehead atoms. The molecular formula is C25H28N4O3. The van der Waals surface area contributed by atoms with Gasteiger partial charge in [-0.25, -0.2) is 0 Å². The molecule has 1 aliphatic rings. The number of anilines is 2. The number of fused-ring (bicyclic) bond motifs is 1. The van der Waals surface area contributed by atoms with Gasteiger partial charge in [-0.15, -0.1) is 0 Å². The lowest BCUT2D eigenvalue weighted by Crippen LogP contribution is -2.60. The van der Waals surface area contributed by atoms with Crippen molar-refractivity contribution in [2.75, 3.05) is 16.8 Å². The van der Waals surface area contributed by atoms with Gasteiger partial charge in [0.05, 0.1) is 22.8 Å². The molecule has 1 aliphatic heterocycles. The quantitative estimate of drug-likeness (QED) is 0.600. The fraction of sp³-hybridized carbons (Fsp3) is 0.320. The lowest BCUT2D eigenvalue weighted by atomic mass is 9.99. The second-order valence-corrected chi connectivity index (χ2v) is 8.11. The van der Waals surface area contributed by atoms with E-state index in [0.717, 1.165) is 12.1 Å². The van der Waals surface area contributed by atoms with E-state index in [1.54, 1.807) is 11.0 Å². The highest BCUT2D eigenvalue weighted by molar-refractivity contribution is 6.20. The number of rotatable bonds is 6. The number of amides is 2. The molecule has 32 heavy (non-hydrogen) atoms. The van der Waals surface area contributed by atoms with E-state index in [-0.39, 0.29) is 5.91 Å². The van der Waals surface area contributed by atoms with Gasteiger partial charge < -0.3 is 15.0 Å². The Labute approximate surface area is 188 Å². The maximum Gasteiger partial charge on any atom is 0.280 e. The summed E-state index contributed by atoms with van der Waals surface area (Å²) in [6.07, 6.45) is 0.831. The van der Waals surface area contributed by atoms with Crippen LogP contribution < -0.4 is 15.0 Å². The molecule has 7 heteroatoms. The van der Waals surface area contributed by atoms with E-state index in [0.29, 0.717) is 35.9 Å². The first-order chi connectivity index (χ1) is 15.3. The molecule has 3 aromatic rings. The van der Waals surface area contributed by atoms with Gasteiger partial charge in [0.25, 0.3) is 17.4 Å². The molecule has 1 N–H and O–H groups in total. The van der Waals surface area contributed by atoms with Crippen molar-refractivity contribution in [3.8, 4) is 5.75 Å². The van der Waals surface area contributed by atoms with E-state index in [2.05, 4.69) is 22.5 Å². The minimum Gasteiger partial charge on any atom is -0.465 e. The van der Waals surface area contributed by atoms with Crippen molar-refractivity contribution in [2.24, 2.45) is 0 Å². The van der Waals surface area contributed by atoms with Crippen LogP contribution in [0.25, 0.3) is 0 Å². The summed E-state index contributed by atoms with van der Waals surface area (Å²) in [6, 6.07) is 17.4. The molecule has 166 valence electrons. The van der Waals surface area contributed by atoms with E-state index in [1.165, 1.54) is 12.5 Å². The Balaban J connectivity index is 1.56. The zero-order valence-electron chi connectivity index (χ0n) is 18.9. The first-order valence-electron chi connectivity index (χ1n) is 10.8. The molecule has 2 amide bonds. The molecule has 0 saturated heterocycles. The highest BCUT2D eigenvalue weighted by atomic mass is 16.5. The van der Waals surface area contributed by atoms with Crippen molar-refractivity contribution in [3.63, 3.8) is 0 Å². The minimum atomic E-state index is -1.67. The number of aryl methyl sites for hydroxylation is 3. The number of hydrogen-bond acceptors (Lipinski definition) is 4. The predicted molar refractivity (Wildman–Crippen MR) is 124 cm³/mol. The van der Waals surface area contributed by atoms with Gasteiger partial charge in [0.15, 0.2) is 0 Å². The number of benzene rings is 2. The van der Waals surface area contributed by atoms with Crippen molar-refractivity contribution >= 4 is 23.2 Å². The summed E-state index contributed by atoms with van der Waals surface area (Å²) in [5.74, 6) is -0.383. The summed E-state index contributed by atoms with van der Waals surface area (Å²) in [6.45, 7) is 8.30. The molecule has 7 nitrogen and oxygen atoms in total. The summed E-state index contributed by atoms with van der Waals surface area (Å²) in [7, 11) is 0. The minimum absolute atomic E-state index is 0.386. The van der Waals surface area contributed by atoms with E-state index >= 15 is 0 Å². The van der Waals surface area contributed by atoms with Gasteiger partial charge in [-0.2, -0.15) is 5.10 Å². The lowest BCUT2D eigenvalue weighted by molar-refractivity contribution is -0.145. The molecule has 0 fully saturated rings. The maximum absolute atomic E-state index is 13.3. The Morgan fingerprint density at radius 2 is 1.78 bits per heavy atom. The first kappa shape index (κ1) is 21.6. The molecule has 1 atom stereocenters. The summed E-state index contributed by atoms with van der Waals surface area (Å²) in [4.78, 5) is 28.2. The van der Waals surface area contributed by atoms with Crippen LogP contribution in [-0.2, 0) is 22.6 Å². The average molecular weight is 433 g/mol. The zero-order valence-corrected chi connectivity index (χ0v) is 18.9. The number of carbonyl (C=O) groups excluding carboxylic acids is 2. The third kappa shape index (κ3) is 3.75. The number of hydrogen-bond donors (Lipinski definition) is 1. The van der Waals surface area contributed by atoms with E-state index in [1.807, 2.05) is 61.9 Å². The van der Waals surface area contributed by atoms with Crippen LogP contribution in [0.1, 0.15) is 30.8 Å². The molecule has 1 aromatic heterocycles. The van der Waals surface area contributed by atoms with Gasteiger partial charge in [0.1, 0.15) is 5.75 Å². The van der Waals surface area contributed by atoms with Crippen LogP contribution in [0.5, 0.6) is 5.75 Å². The van der Waals surface area contributed by atoms with Crippen molar-refractivity contribution in [2.45, 2.75) is 46.3 Å². The Morgan fingerprint density at radius 3 is 2.50 bits per heavy atom. The van der Waals surface area contributed by atoms with E-state index in [9.17, 15) is 9.59 Å². The number of para-hydroxylation sites is 2. The smallest absolute Gasteiger partial charge is 0.280 e. The van der Waals surface area contributed by atoms with Crippen LogP contribution in [0.4, 0.5) is 11.4 Å². The monoisotopic (exact) mass is 432 g/mol.